The largest absolute Gasteiger partial charge is 0.352 e. The SMILES string of the molecule is CC1(C)CC(NC(N)=O)CC(C)(C)N1. The first kappa shape index (κ1) is 11.3. The van der Waals surface area contributed by atoms with Crippen LogP contribution >= 0.6 is 0 Å². The molecule has 14 heavy (non-hydrogen) atoms. The minimum absolute atomic E-state index is 0.0505. The number of nitrogens with one attached hydrogen (secondary N) is 2. The normalized spacial score (nSPS) is 25.7. The molecule has 1 fully saturated rings. The molecule has 4 heteroatoms. The molecule has 1 heterocycles. The molecule has 1 aliphatic heterocycles. The van der Waals surface area contributed by atoms with Crippen LogP contribution in [0.15, 0.2) is 0 Å². The highest BCUT2D eigenvalue weighted by Crippen LogP contribution is 2.28. The number of carbonyl (C=O) groups excluding carboxylic acids is 1. The fourth-order valence-corrected chi connectivity index (χ4v) is 2.63. The molecule has 0 saturated carbocycles. The highest BCUT2D eigenvalue weighted by Gasteiger charge is 2.37. The summed E-state index contributed by atoms with van der Waals surface area (Å²) in [6.07, 6.45) is 1.83. The molecular formula is C10H21N3O. The number of rotatable bonds is 1. The van der Waals surface area contributed by atoms with Crippen LogP contribution in [-0.4, -0.2) is 23.2 Å². The fourth-order valence-electron chi connectivity index (χ4n) is 2.63. The molecule has 2 amide bonds. The summed E-state index contributed by atoms with van der Waals surface area (Å²) in [7, 11) is 0. The Balaban J connectivity index is 2.66. The van der Waals surface area contributed by atoms with Crippen molar-refractivity contribution in [3.8, 4) is 0 Å². The molecule has 4 N–H and O–H groups in total. The molecule has 0 aromatic carbocycles. The Kier molecular flexibility index (Phi) is 2.76. The number of carbonyl (C=O) groups is 1. The quantitative estimate of drug-likeness (QED) is 0.589. The van der Waals surface area contributed by atoms with Crippen LogP contribution < -0.4 is 16.4 Å². The van der Waals surface area contributed by atoms with E-state index in [4.69, 9.17) is 5.73 Å². The van der Waals surface area contributed by atoms with Crippen LogP contribution in [0.2, 0.25) is 0 Å². The van der Waals surface area contributed by atoms with Crippen LogP contribution in [0.3, 0.4) is 0 Å². The average molecular weight is 199 g/mol. The van der Waals surface area contributed by atoms with Gasteiger partial charge in [-0.15, -0.1) is 0 Å². The average Bonchev–Trinajstić information content (AvgIpc) is 1.74. The number of hydrogen-bond donors (Lipinski definition) is 3. The molecule has 0 aromatic heterocycles. The summed E-state index contributed by atoms with van der Waals surface area (Å²) in [5.74, 6) is 0. The predicted molar refractivity (Wildman–Crippen MR) is 57.0 cm³/mol. The minimum atomic E-state index is -0.427. The Labute approximate surface area is 85.6 Å². The van der Waals surface area contributed by atoms with Gasteiger partial charge in [0.1, 0.15) is 0 Å². The predicted octanol–water partition coefficient (Wildman–Crippen LogP) is 0.964. The lowest BCUT2D eigenvalue weighted by Gasteiger charge is -2.46. The van der Waals surface area contributed by atoms with Gasteiger partial charge < -0.3 is 16.4 Å². The second-order valence-corrected chi connectivity index (χ2v) is 5.51. The van der Waals surface area contributed by atoms with Crippen LogP contribution in [0.4, 0.5) is 4.79 Å². The first-order valence-corrected chi connectivity index (χ1v) is 5.06. The van der Waals surface area contributed by atoms with Crippen molar-refractivity contribution in [1.29, 1.82) is 0 Å². The van der Waals surface area contributed by atoms with Crippen molar-refractivity contribution in [2.24, 2.45) is 5.73 Å². The Morgan fingerprint density at radius 2 is 1.71 bits per heavy atom. The highest BCUT2D eigenvalue weighted by atomic mass is 16.2. The Morgan fingerprint density at radius 1 is 1.29 bits per heavy atom. The zero-order chi connectivity index (χ0) is 11.0. The van der Waals surface area contributed by atoms with E-state index in [2.05, 4.69) is 38.3 Å². The van der Waals surface area contributed by atoms with E-state index < -0.39 is 6.03 Å². The van der Waals surface area contributed by atoms with Gasteiger partial charge in [-0.3, -0.25) is 0 Å². The van der Waals surface area contributed by atoms with Crippen molar-refractivity contribution in [3.05, 3.63) is 0 Å². The first-order chi connectivity index (χ1) is 6.20. The van der Waals surface area contributed by atoms with E-state index in [1.807, 2.05) is 0 Å². The van der Waals surface area contributed by atoms with E-state index in [-0.39, 0.29) is 17.1 Å². The summed E-state index contributed by atoms with van der Waals surface area (Å²) in [6, 6.07) is -0.248. The van der Waals surface area contributed by atoms with E-state index in [0.29, 0.717) is 0 Å². The topological polar surface area (TPSA) is 67.1 Å². The summed E-state index contributed by atoms with van der Waals surface area (Å²) in [4.78, 5) is 10.8. The molecule has 82 valence electrons. The summed E-state index contributed by atoms with van der Waals surface area (Å²) in [6.45, 7) is 8.57. The molecule has 0 spiro atoms. The number of amides is 2. The number of piperidine rings is 1. The molecule has 4 nitrogen and oxygen atoms in total. The third-order valence-electron chi connectivity index (χ3n) is 2.54. The van der Waals surface area contributed by atoms with Crippen molar-refractivity contribution in [2.75, 3.05) is 0 Å². The van der Waals surface area contributed by atoms with E-state index in [0.717, 1.165) is 12.8 Å². The summed E-state index contributed by atoms with van der Waals surface area (Å²) in [5.41, 5.74) is 5.23. The lowest BCUT2D eigenvalue weighted by molar-refractivity contribution is 0.149. The van der Waals surface area contributed by atoms with Crippen molar-refractivity contribution >= 4 is 6.03 Å². The minimum Gasteiger partial charge on any atom is -0.352 e. The summed E-state index contributed by atoms with van der Waals surface area (Å²) >= 11 is 0. The lowest BCUT2D eigenvalue weighted by Crippen LogP contribution is -2.62. The van der Waals surface area contributed by atoms with Crippen LogP contribution in [0.25, 0.3) is 0 Å². The molecular weight excluding hydrogens is 178 g/mol. The molecule has 0 aromatic rings. The maximum Gasteiger partial charge on any atom is 0.312 e. The first-order valence-electron chi connectivity index (χ1n) is 5.06. The summed E-state index contributed by atoms with van der Waals surface area (Å²) in [5, 5.41) is 6.33. The van der Waals surface area contributed by atoms with Crippen molar-refractivity contribution < 1.29 is 4.79 Å². The molecule has 1 rings (SSSR count). The fraction of sp³-hybridized carbons (Fsp3) is 0.900. The zero-order valence-electron chi connectivity index (χ0n) is 9.48. The molecule has 0 unspecified atom stereocenters. The van der Waals surface area contributed by atoms with Gasteiger partial charge in [0.2, 0.25) is 0 Å². The van der Waals surface area contributed by atoms with Gasteiger partial charge in [0.15, 0.2) is 0 Å². The monoisotopic (exact) mass is 199 g/mol. The lowest BCUT2D eigenvalue weighted by atomic mass is 9.80. The highest BCUT2D eigenvalue weighted by molar-refractivity contribution is 5.72. The van der Waals surface area contributed by atoms with Gasteiger partial charge in [0.25, 0.3) is 0 Å². The second kappa shape index (κ2) is 3.42. The zero-order valence-corrected chi connectivity index (χ0v) is 9.48. The number of hydrogen-bond acceptors (Lipinski definition) is 2. The summed E-state index contributed by atoms with van der Waals surface area (Å²) < 4.78 is 0. The van der Waals surface area contributed by atoms with E-state index in [1.54, 1.807) is 0 Å². The Morgan fingerprint density at radius 3 is 2.07 bits per heavy atom. The van der Waals surface area contributed by atoms with Crippen molar-refractivity contribution in [1.82, 2.24) is 10.6 Å². The van der Waals surface area contributed by atoms with Gasteiger partial charge in [-0.25, -0.2) is 4.79 Å². The van der Waals surface area contributed by atoms with Gasteiger partial charge in [-0.2, -0.15) is 0 Å². The third-order valence-corrected chi connectivity index (χ3v) is 2.54. The maximum absolute atomic E-state index is 10.8. The van der Waals surface area contributed by atoms with Crippen LogP contribution in [0.5, 0.6) is 0 Å². The standard InChI is InChI=1S/C10H21N3O/c1-9(2)5-7(12-8(11)14)6-10(3,4)13-9/h7,13H,5-6H2,1-4H3,(H3,11,12,14). The van der Waals surface area contributed by atoms with Crippen molar-refractivity contribution in [3.63, 3.8) is 0 Å². The maximum atomic E-state index is 10.8. The van der Waals surface area contributed by atoms with Crippen molar-refractivity contribution in [2.45, 2.75) is 57.7 Å². The molecule has 1 saturated heterocycles. The smallest absolute Gasteiger partial charge is 0.312 e. The van der Waals surface area contributed by atoms with E-state index >= 15 is 0 Å². The Hall–Kier alpha value is -0.770. The van der Waals surface area contributed by atoms with Gasteiger partial charge in [-0.05, 0) is 40.5 Å². The van der Waals surface area contributed by atoms with Crippen LogP contribution in [0.1, 0.15) is 40.5 Å². The van der Waals surface area contributed by atoms with Gasteiger partial charge in [0.05, 0.1) is 0 Å². The number of urea groups is 1. The Bertz CT molecular complexity index is 220. The third kappa shape index (κ3) is 3.18. The van der Waals surface area contributed by atoms with Gasteiger partial charge in [-0.1, -0.05) is 0 Å². The second-order valence-electron chi connectivity index (χ2n) is 5.51. The molecule has 1 aliphatic rings. The molecule has 0 aliphatic carbocycles. The van der Waals surface area contributed by atoms with E-state index in [9.17, 15) is 4.79 Å². The van der Waals surface area contributed by atoms with Gasteiger partial charge in [0, 0.05) is 17.1 Å². The number of primary amides is 1. The van der Waals surface area contributed by atoms with E-state index in [1.165, 1.54) is 0 Å². The molecule has 0 atom stereocenters. The molecule has 0 bridgehead atoms. The van der Waals surface area contributed by atoms with Crippen LogP contribution in [-0.2, 0) is 0 Å². The molecule has 0 radical (unpaired) electrons. The number of nitrogens with two attached hydrogens (primary N) is 1. The van der Waals surface area contributed by atoms with Crippen LogP contribution in [0, 0.1) is 0 Å². The van der Waals surface area contributed by atoms with Gasteiger partial charge >= 0.3 is 6.03 Å².